The van der Waals surface area contributed by atoms with Crippen LogP contribution in [-0.4, -0.2) is 29.4 Å². The highest BCUT2D eigenvalue weighted by molar-refractivity contribution is 5.69. The average Bonchev–Trinajstić information content (AvgIpc) is 2.05. The number of aliphatic hydroxyl groups excluding tert-OH is 2. The molecule has 0 aromatic heterocycles. The number of rotatable bonds is 3. The molecule has 0 radical (unpaired) electrons. The number of carbonyl (C=O) groups excluding carboxylic acids is 1. The van der Waals surface area contributed by atoms with Gasteiger partial charge in [-0.1, -0.05) is 13.5 Å². The van der Waals surface area contributed by atoms with Gasteiger partial charge in [-0.2, -0.15) is 0 Å². The van der Waals surface area contributed by atoms with Gasteiger partial charge in [-0.15, -0.1) is 0 Å². The molecule has 0 fully saturated rings. The van der Waals surface area contributed by atoms with E-state index in [9.17, 15) is 4.79 Å². The van der Waals surface area contributed by atoms with Crippen LogP contribution in [0.15, 0.2) is 12.8 Å². The van der Waals surface area contributed by atoms with Crippen LogP contribution in [0.5, 0.6) is 0 Å². The predicted molar refractivity (Wildman–Crippen MR) is 40.8 cm³/mol. The number of esters is 1. The molecule has 0 saturated heterocycles. The van der Waals surface area contributed by atoms with Crippen molar-refractivity contribution in [3.05, 3.63) is 12.8 Å². The van der Waals surface area contributed by atoms with E-state index in [1.807, 2.05) is 0 Å². The van der Waals surface area contributed by atoms with Crippen molar-refractivity contribution in [2.45, 2.75) is 13.3 Å². The summed E-state index contributed by atoms with van der Waals surface area (Å²) in [5, 5.41) is 15.2. The molecule has 0 aliphatic heterocycles. The van der Waals surface area contributed by atoms with Crippen LogP contribution in [-0.2, 0) is 9.53 Å². The van der Waals surface area contributed by atoms with E-state index >= 15 is 0 Å². The summed E-state index contributed by atoms with van der Waals surface area (Å²) in [6.45, 7) is 4.68. The molecule has 0 unspecified atom stereocenters. The molecule has 0 aromatic rings. The van der Waals surface area contributed by atoms with E-state index in [4.69, 9.17) is 10.2 Å². The molecule has 0 aliphatic carbocycles. The molecule has 0 aromatic carbocycles. The lowest BCUT2D eigenvalue weighted by molar-refractivity contribution is -0.137. The van der Waals surface area contributed by atoms with Crippen molar-refractivity contribution in [2.75, 3.05) is 13.2 Å². The summed E-state index contributed by atoms with van der Waals surface area (Å²) >= 11 is 0. The molecule has 4 heteroatoms. The minimum absolute atomic E-state index is 0.125. The molecule has 2 N–H and O–H groups in total. The predicted octanol–water partition coefficient (Wildman–Crippen LogP) is 0.0541. The smallest absolute Gasteiger partial charge is 0.310 e. The third kappa shape index (κ3) is 17.6. The summed E-state index contributed by atoms with van der Waals surface area (Å²) in [7, 11) is 0. The molecule has 0 atom stereocenters. The summed E-state index contributed by atoms with van der Waals surface area (Å²) in [6.07, 6.45) is 1.54. The second kappa shape index (κ2) is 11.9. The van der Waals surface area contributed by atoms with Crippen LogP contribution in [0.25, 0.3) is 0 Å². The van der Waals surface area contributed by atoms with Gasteiger partial charge >= 0.3 is 5.97 Å². The van der Waals surface area contributed by atoms with Crippen molar-refractivity contribution >= 4 is 5.97 Å². The Kier molecular flexibility index (Phi) is 13.8. The zero-order valence-electron chi connectivity index (χ0n) is 6.62. The molecule has 0 heterocycles. The molecule has 0 spiro atoms. The van der Waals surface area contributed by atoms with Gasteiger partial charge in [-0.05, 0) is 0 Å². The van der Waals surface area contributed by atoms with Gasteiger partial charge in [0.25, 0.3) is 0 Å². The second-order valence-electron chi connectivity index (χ2n) is 1.46. The average molecular weight is 162 g/mol. The topological polar surface area (TPSA) is 66.8 Å². The lowest BCUT2D eigenvalue weighted by Gasteiger charge is -1.88. The third-order valence-electron chi connectivity index (χ3n) is 0.603. The number of hydrogen-bond acceptors (Lipinski definition) is 4. The van der Waals surface area contributed by atoms with E-state index in [0.29, 0.717) is 6.42 Å². The molecule has 0 rings (SSSR count). The molecule has 0 bridgehead atoms. The van der Waals surface area contributed by atoms with Crippen molar-refractivity contribution < 1.29 is 19.7 Å². The highest BCUT2D eigenvalue weighted by atomic mass is 16.5. The molecule has 4 nitrogen and oxygen atoms in total. The lowest BCUT2D eigenvalue weighted by Crippen LogP contribution is -1.94. The van der Waals surface area contributed by atoms with Crippen molar-refractivity contribution in [3.63, 3.8) is 0 Å². The van der Waals surface area contributed by atoms with Crippen LogP contribution in [0.3, 0.4) is 0 Å². The van der Waals surface area contributed by atoms with E-state index in [2.05, 4.69) is 11.3 Å². The zero-order chi connectivity index (χ0) is 9.11. The van der Waals surface area contributed by atoms with E-state index in [1.165, 1.54) is 0 Å². The summed E-state index contributed by atoms with van der Waals surface area (Å²) in [5.74, 6) is -0.241. The number of carbonyl (C=O) groups is 1. The van der Waals surface area contributed by atoms with Gasteiger partial charge in [0, 0.05) is 6.42 Å². The van der Waals surface area contributed by atoms with Crippen molar-refractivity contribution in [3.8, 4) is 0 Å². The van der Waals surface area contributed by atoms with Gasteiger partial charge in [0.05, 0.1) is 19.5 Å². The summed E-state index contributed by atoms with van der Waals surface area (Å²) in [6, 6.07) is 0. The fourth-order valence-corrected chi connectivity index (χ4v) is 0.176. The minimum atomic E-state index is -0.241. The minimum Gasteiger partial charge on any atom is -0.435 e. The molecule has 11 heavy (non-hydrogen) atoms. The number of ether oxygens (including phenoxy) is 1. The van der Waals surface area contributed by atoms with Gasteiger partial charge in [0.1, 0.15) is 0 Å². The van der Waals surface area contributed by atoms with Crippen LogP contribution in [0, 0.1) is 0 Å². The first-order valence-corrected chi connectivity index (χ1v) is 3.25. The molecule has 0 aliphatic rings. The maximum Gasteiger partial charge on any atom is 0.310 e. The largest absolute Gasteiger partial charge is 0.435 e. The lowest BCUT2D eigenvalue weighted by atomic mass is 10.5. The normalized spacial score (nSPS) is 7.55. The van der Waals surface area contributed by atoms with Crippen LogP contribution in [0.1, 0.15) is 13.3 Å². The maximum absolute atomic E-state index is 10.1. The van der Waals surface area contributed by atoms with Gasteiger partial charge in [-0.3, -0.25) is 4.79 Å². The Morgan fingerprint density at radius 1 is 1.55 bits per heavy atom. The fourth-order valence-electron chi connectivity index (χ4n) is 0.176. The quantitative estimate of drug-likeness (QED) is 0.454. The Balaban J connectivity index is 0. The monoisotopic (exact) mass is 162 g/mol. The first-order valence-electron chi connectivity index (χ1n) is 3.25. The number of hydrogen-bond donors (Lipinski definition) is 2. The first kappa shape index (κ1) is 12.8. The van der Waals surface area contributed by atoms with E-state index in [0.717, 1.165) is 6.26 Å². The van der Waals surface area contributed by atoms with Crippen LogP contribution >= 0.6 is 0 Å². The second-order valence-corrected chi connectivity index (χ2v) is 1.46. The molecular formula is C7H14O4. The van der Waals surface area contributed by atoms with E-state index in [1.54, 1.807) is 6.92 Å². The summed E-state index contributed by atoms with van der Waals surface area (Å²) < 4.78 is 4.32. The molecule has 0 saturated carbocycles. The van der Waals surface area contributed by atoms with Gasteiger partial charge in [0.15, 0.2) is 0 Å². The maximum atomic E-state index is 10.1. The highest BCUT2D eigenvalue weighted by Crippen LogP contribution is 1.81. The fraction of sp³-hybridized carbons (Fsp3) is 0.571. The van der Waals surface area contributed by atoms with Crippen molar-refractivity contribution in [1.29, 1.82) is 0 Å². The summed E-state index contributed by atoms with van der Waals surface area (Å²) in [5.41, 5.74) is 0. The van der Waals surface area contributed by atoms with Crippen LogP contribution in [0.2, 0.25) is 0 Å². The third-order valence-corrected chi connectivity index (χ3v) is 0.603. The van der Waals surface area contributed by atoms with Crippen LogP contribution in [0.4, 0.5) is 0 Å². The van der Waals surface area contributed by atoms with E-state index < -0.39 is 0 Å². The Bertz CT molecular complexity index is 98.6. The molecular weight excluding hydrogens is 148 g/mol. The Morgan fingerprint density at radius 2 is 2.00 bits per heavy atom. The van der Waals surface area contributed by atoms with Gasteiger partial charge in [0.2, 0.25) is 0 Å². The molecule has 0 amide bonds. The highest BCUT2D eigenvalue weighted by Gasteiger charge is 1.89. The first-order chi connectivity index (χ1) is 5.22. The molecule has 66 valence electrons. The van der Waals surface area contributed by atoms with Gasteiger partial charge < -0.3 is 14.9 Å². The standard InChI is InChI=1S/C5H8O2.C2H6O2/c1-3-5(6)7-4-2;3-1-2-4/h4H,2-3H2,1H3;3-4H,1-2H2. The summed E-state index contributed by atoms with van der Waals surface area (Å²) in [4.78, 5) is 10.1. The van der Waals surface area contributed by atoms with Crippen LogP contribution < -0.4 is 0 Å². The van der Waals surface area contributed by atoms with Crippen molar-refractivity contribution in [1.82, 2.24) is 0 Å². The Labute approximate surface area is 66.1 Å². The Morgan fingerprint density at radius 3 is 2.09 bits per heavy atom. The van der Waals surface area contributed by atoms with Gasteiger partial charge in [-0.25, -0.2) is 0 Å². The van der Waals surface area contributed by atoms with Crippen molar-refractivity contribution in [2.24, 2.45) is 0 Å². The number of aliphatic hydroxyl groups is 2. The Hall–Kier alpha value is -0.870. The zero-order valence-corrected chi connectivity index (χ0v) is 6.62. The van der Waals surface area contributed by atoms with E-state index in [-0.39, 0.29) is 19.2 Å². The SMILES string of the molecule is C=COC(=O)CC.OCCO.